The number of benzene rings is 4. The van der Waals surface area contributed by atoms with Crippen LogP contribution in [0.3, 0.4) is 0 Å². The van der Waals surface area contributed by atoms with Crippen LogP contribution >= 0.6 is 0 Å². The second kappa shape index (κ2) is 19.0. The number of amides is 4. The fraction of sp³-hybridized carbons (Fsp3) is 0.480. The quantitative estimate of drug-likeness (QED) is 0.0789. The van der Waals surface area contributed by atoms with Crippen molar-refractivity contribution in [2.45, 2.75) is 50.7 Å². The maximum atomic E-state index is 14.6. The van der Waals surface area contributed by atoms with E-state index < -0.39 is 71.5 Å². The van der Waals surface area contributed by atoms with Crippen molar-refractivity contribution in [3.8, 4) is 0 Å². The minimum Gasteiger partial charge on any atom is -0.458 e. The van der Waals surface area contributed by atoms with Crippen LogP contribution in [0.1, 0.15) is 59.2 Å². The van der Waals surface area contributed by atoms with Gasteiger partial charge in [-0.1, -0.05) is 60.7 Å². The maximum absolute atomic E-state index is 14.6. The van der Waals surface area contributed by atoms with Gasteiger partial charge in [-0.15, -0.1) is 0 Å². The molecule has 0 radical (unpaired) electrons. The van der Waals surface area contributed by atoms with Gasteiger partial charge in [0.15, 0.2) is 0 Å². The van der Waals surface area contributed by atoms with Crippen LogP contribution < -0.4 is 16.0 Å². The van der Waals surface area contributed by atoms with E-state index in [0.29, 0.717) is 49.9 Å². The number of nitrogens with one attached hydrogen (secondary N) is 3. The summed E-state index contributed by atoms with van der Waals surface area (Å²) in [7, 11) is 7.84. The molecule has 13 nitrogen and oxygen atoms in total. The molecular formula is C50H59N5O8. The topological polar surface area (TPSA) is 163 Å². The van der Waals surface area contributed by atoms with Gasteiger partial charge >= 0.3 is 11.9 Å². The second-order valence-electron chi connectivity index (χ2n) is 18.7. The Morgan fingerprint density at radius 1 is 0.508 bits per heavy atom. The molecule has 0 aliphatic heterocycles. The van der Waals surface area contributed by atoms with E-state index in [0.717, 1.165) is 47.5 Å². The molecule has 4 saturated carbocycles. The zero-order valence-corrected chi connectivity index (χ0v) is 36.6. The zero-order chi connectivity index (χ0) is 44.4. The van der Waals surface area contributed by atoms with Gasteiger partial charge in [-0.2, -0.15) is 0 Å². The number of hydrogen-bond acceptors (Lipinski definition) is 10. The molecule has 4 aliphatic rings. The van der Waals surface area contributed by atoms with E-state index in [2.05, 4.69) is 16.0 Å². The molecule has 63 heavy (non-hydrogen) atoms. The standard InChI is InChI=1S/C50H59N5O8/c1-54(2)21-9-19-51-45(56)41-35-25-37(39(27-35)62-49(60)33-17-15-29-11-5-7-13-31(29)23-33)43(41)47(58)53-48(59)44-38-26-36(42(44)46(57)52-20-10-22-55(3)4)28-40(38)63-50(61)34-18-16-30-12-6-8-14-32(30)24-34/h5-8,11-18,23-24,35-44H,9-10,19-22,25-28H2,1-4H3,(H,51,56)(H,52,57)(H,53,58,59). The van der Waals surface area contributed by atoms with Crippen molar-refractivity contribution in [2.75, 3.05) is 54.4 Å². The molecule has 8 rings (SSSR count). The molecule has 332 valence electrons. The lowest BCUT2D eigenvalue weighted by atomic mass is 9.75. The lowest BCUT2D eigenvalue weighted by molar-refractivity contribution is -0.147. The first-order chi connectivity index (χ1) is 30.4. The van der Waals surface area contributed by atoms with E-state index in [1.807, 2.05) is 98.7 Å². The Hall–Kier alpha value is -5.66. The Labute approximate surface area is 368 Å². The molecule has 0 spiro atoms. The van der Waals surface area contributed by atoms with Crippen molar-refractivity contribution < 1.29 is 38.2 Å². The Balaban J connectivity index is 1.01. The smallest absolute Gasteiger partial charge is 0.338 e. The van der Waals surface area contributed by atoms with Gasteiger partial charge in [0.1, 0.15) is 12.2 Å². The molecule has 0 aromatic heterocycles. The van der Waals surface area contributed by atoms with Crippen LogP contribution in [0.25, 0.3) is 21.5 Å². The molecule has 4 amide bonds. The Morgan fingerprint density at radius 2 is 0.905 bits per heavy atom. The van der Waals surface area contributed by atoms with Crippen LogP contribution in [0.2, 0.25) is 0 Å². The molecule has 13 heteroatoms. The second-order valence-corrected chi connectivity index (χ2v) is 18.7. The summed E-state index contributed by atoms with van der Waals surface area (Å²) in [6.07, 6.45) is 1.97. The van der Waals surface area contributed by atoms with Crippen molar-refractivity contribution in [2.24, 2.45) is 47.3 Å². The highest BCUT2D eigenvalue weighted by Crippen LogP contribution is 2.56. The third kappa shape index (κ3) is 9.50. The summed E-state index contributed by atoms with van der Waals surface area (Å²) in [6.45, 7) is 2.39. The number of nitrogens with zero attached hydrogens (tertiary/aromatic N) is 2. The highest BCUT2D eigenvalue weighted by molar-refractivity contribution is 6.02. The highest BCUT2D eigenvalue weighted by Gasteiger charge is 2.62. The van der Waals surface area contributed by atoms with Gasteiger partial charge in [-0.05, 0) is 137 Å². The van der Waals surface area contributed by atoms with Crippen LogP contribution in [-0.4, -0.2) is 112 Å². The van der Waals surface area contributed by atoms with Crippen molar-refractivity contribution in [3.05, 3.63) is 96.1 Å². The Bertz CT molecular complexity index is 2220. The third-order valence-corrected chi connectivity index (χ3v) is 14.0. The van der Waals surface area contributed by atoms with Crippen LogP contribution in [0.15, 0.2) is 84.9 Å². The molecule has 3 N–H and O–H groups in total. The lowest BCUT2D eigenvalue weighted by Crippen LogP contribution is -2.53. The number of fused-ring (bicyclic) bond motifs is 6. The number of carbonyl (C=O) groups excluding carboxylic acids is 6. The Morgan fingerprint density at radius 3 is 1.30 bits per heavy atom. The summed E-state index contributed by atoms with van der Waals surface area (Å²) in [5, 5.41) is 12.5. The van der Waals surface area contributed by atoms with Gasteiger partial charge in [0, 0.05) is 24.9 Å². The van der Waals surface area contributed by atoms with E-state index in [1.54, 1.807) is 24.3 Å². The van der Waals surface area contributed by atoms with Gasteiger partial charge in [0.25, 0.3) is 0 Å². The van der Waals surface area contributed by atoms with Crippen molar-refractivity contribution in [1.82, 2.24) is 25.8 Å². The monoisotopic (exact) mass is 857 g/mol. The van der Waals surface area contributed by atoms with Crippen LogP contribution in [0, 0.1) is 47.3 Å². The van der Waals surface area contributed by atoms with Gasteiger partial charge < -0.3 is 29.9 Å². The van der Waals surface area contributed by atoms with Gasteiger partial charge in [-0.25, -0.2) is 9.59 Å². The predicted molar refractivity (Wildman–Crippen MR) is 238 cm³/mol. The fourth-order valence-electron chi connectivity index (χ4n) is 11.1. The molecule has 10 atom stereocenters. The molecular weight excluding hydrogens is 799 g/mol. The first-order valence-electron chi connectivity index (χ1n) is 22.5. The summed E-state index contributed by atoms with van der Waals surface area (Å²) in [5.41, 5.74) is 0.780. The van der Waals surface area contributed by atoms with Gasteiger partial charge in [0.2, 0.25) is 23.6 Å². The molecule has 10 unspecified atom stereocenters. The SMILES string of the molecule is CN(C)CCCNC(=O)C1C2CC(OC(=O)c3ccc4ccccc4c3)C(C2)C1C(=O)NC(=O)C1C2CC(CC2OC(=O)c2ccc3ccccc3c2)C1C(=O)NCCCN(C)C. The number of carbonyl (C=O) groups is 6. The zero-order valence-electron chi connectivity index (χ0n) is 36.6. The number of imide groups is 1. The number of hydrogen-bond donors (Lipinski definition) is 3. The highest BCUT2D eigenvalue weighted by atomic mass is 16.5. The first kappa shape index (κ1) is 44.0. The normalized spacial score (nSPS) is 26.9. The van der Waals surface area contributed by atoms with E-state index in [4.69, 9.17) is 9.47 Å². The summed E-state index contributed by atoms with van der Waals surface area (Å²) in [5.74, 6) is -7.64. The largest absolute Gasteiger partial charge is 0.458 e. The average molecular weight is 858 g/mol. The van der Waals surface area contributed by atoms with Crippen molar-refractivity contribution >= 4 is 57.1 Å². The average Bonchev–Trinajstić information content (AvgIpc) is 4.06. The van der Waals surface area contributed by atoms with E-state index in [9.17, 15) is 28.8 Å². The predicted octanol–water partition coefficient (Wildman–Crippen LogP) is 5.07. The van der Waals surface area contributed by atoms with Crippen LogP contribution in [-0.2, 0) is 28.7 Å². The van der Waals surface area contributed by atoms with Crippen molar-refractivity contribution in [1.29, 1.82) is 0 Å². The van der Waals surface area contributed by atoms with Gasteiger partial charge in [-0.3, -0.25) is 24.5 Å². The number of esters is 2. The van der Waals surface area contributed by atoms with Crippen molar-refractivity contribution in [3.63, 3.8) is 0 Å². The maximum Gasteiger partial charge on any atom is 0.338 e. The third-order valence-electron chi connectivity index (χ3n) is 14.0. The molecule has 4 aromatic carbocycles. The van der Waals surface area contributed by atoms with E-state index in [1.165, 1.54) is 0 Å². The summed E-state index contributed by atoms with van der Waals surface area (Å²) in [6, 6.07) is 26.2. The van der Waals surface area contributed by atoms with E-state index in [-0.39, 0.29) is 23.7 Å². The molecule has 4 bridgehead atoms. The molecule has 4 fully saturated rings. The molecule has 0 saturated heterocycles. The lowest BCUT2D eigenvalue weighted by Gasteiger charge is -2.36. The Kier molecular flexibility index (Phi) is 13.2. The fourth-order valence-corrected chi connectivity index (χ4v) is 11.1. The molecule has 4 aliphatic carbocycles. The van der Waals surface area contributed by atoms with Gasteiger partial charge in [0.05, 0.1) is 34.8 Å². The van der Waals surface area contributed by atoms with E-state index >= 15 is 0 Å². The minimum atomic E-state index is -0.950. The molecule has 0 heterocycles. The number of rotatable bonds is 16. The van der Waals surface area contributed by atoms with Crippen LogP contribution in [0.4, 0.5) is 0 Å². The summed E-state index contributed by atoms with van der Waals surface area (Å²) < 4.78 is 12.3. The minimum absolute atomic E-state index is 0.244. The number of ether oxygens (including phenoxy) is 2. The molecule has 4 aromatic rings. The summed E-state index contributed by atoms with van der Waals surface area (Å²) >= 11 is 0. The first-order valence-corrected chi connectivity index (χ1v) is 22.5. The summed E-state index contributed by atoms with van der Waals surface area (Å²) in [4.78, 5) is 88.5. The van der Waals surface area contributed by atoms with Crippen LogP contribution in [0.5, 0.6) is 0 Å².